The van der Waals surface area contributed by atoms with Crippen LogP contribution in [0.4, 0.5) is 0 Å². The monoisotopic (exact) mass is 405 g/mol. The number of rotatable bonds is 5. The minimum atomic E-state index is 0.708. The van der Waals surface area contributed by atoms with Gasteiger partial charge in [0.25, 0.3) is 0 Å². The fourth-order valence-corrected chi connectivity index (χ4v) is 4.22. The van der Waals surface area contributed by atoms with E-state index >= 15 is 0 Å². The maximum atomic E-state index is 6.07. The van der Waals surface area contributed by atoms with Gasteiger partial charge in [0.1, 0.15) is 0 Å². The van der Waals surface area contributed by atoms with Crippen molar-refractivity contribution in [3.63, 3.8) is 0 Å². The summed E-state index contributed by atoms with van der Waals surface area (Å²) in [5.41, 5.74) is 5.83. The van der Waals surface area contributed by atoms with E-state index in [0.717, 1.165) is 28.0 Å². The number of aromatic nitrogens is 3. The molecule has 0 spiro atoms. The number of halogens is 1. The molecule has 1 heterocycles. The first-order valence-electron chi connectivity index (χ1n) is 9.07. The van der Waals surface area contributed by atoms with Crippen LogP contribution in [-0.4, -0.2) is 14.8 Å². The second kappa shape index (κ2) is 8.21. The normalized spacial score (nSPS) is 11.0. The molecule has 0 aliphatic heterocycles. The fraction of sp³-hybridized carbons (Fsp3) is 0.130. The van der Waals surface area contributed by atoms with E-state index in [1.54, 1.807) is 11.8 Å². The first-order chi connectivity index (χ1) is 13.6. The van der Waals surface area contributed by atoms with Gasteiger partial charge in [0, 0.05) is 22.0 Å². The molecule has 0 unspecified atom stereocenters. The predicted molar refractivity (Wildman–Crippen MR) is 117 cm³/mol. The Morgan fingerprint density at radius 3 is 2.43 bits per heavy atom. The van der Waals surface area contributed by atoms with E-state index in [4.69, 9.17) is 11.6 Å². The number of hydrogen-bond acceptors (Lipinski definition) is 3. The molecule has 140 valence electrons. The van der Waals surface area contributed by atoms with Gasteiger partial charge < -0.3 is 0 Å². The lowest BCUT2D eigenvalue weighted by molar-refractivity contribution is 0.885. The zero-order valence-electron chi connectivity index (χ0n) is 15.8. The topological polar surface area (TPSA) is 30.7 Å². The van der Waals surface area contributed by atoms with Crippen molar-refractivity contribution in [1.82, 2.24) is 14.8 Å². The lowest BCUT2D eigenvalue weighted by atomic mass is 10.1. The van der Waals surface area contributed by atoms with E-state index in [2.05, 4.69) is 77.1 Å². The van der Waals surface area contributed by atoms with Crippen molar-refractivity contribution in [2.45, 2.75) is 24.8 Å². The van der Waals surface area contributed by atoms with Crippen molar-refractivity contribution in [2.24, 2.45) is 0 Å². The Hall–Kier alpha value is -2.56. The number of aryl methyl sites for hydroxylation is 2. The summed E-state index contributed by atoms with van der Waals surface area (Å²) < 4.78 is 2.12. The quantitative estimate of drug-likeness (QED) is 0.355. The highest BCUT2D eigenvalue weighted by molar-refractivity contribution is 7.98. The van der Waals surface area contributed by atoms with Crippen LogP contribution in [0.1, 0.15) is 16.7 Å². The van der Waals surface area contributed by atoms with Crippen LogP contribution in [0.5, 0.6) is 0 Å². The first kappa shape index (κ1) is 18.8. The summed E-state index contributed by atoms with van der Waals surface area (Å²) in [6.07, 6.45) is 0. The summed E-state index contributed by atoms with van der Waals surface area (Å²) in [5.74, 6) is 1.66. The van der Waals surface area contributed by atoms with Gasteiger partial charge in [0.2, 0.25) is 0 Å². The average Bonchev–Trinajstić information content (AvgIpc) is 3.12. The molecule has 4 aromatic rings. The molecule has 0 amide bonds. The van der Waals surface area contributed by atoms with Gasteiger partial charge in [-0.1, -0.05) is 59.8 Å². The summed E-state index contributed by atoms with van der Waals surface area (Å²) in [4.78, 5) is 0. The van der Waals surface area contributed by atoms with Crippen molar-refractivity contribution in [1.29, 1.82) is 0 Å². The Morgan fingerprint density at radius 1 is 0.893 bits per heavy atom. The van der Waals surface area contributed by atoms with Crippen molar-refractivity contribution in [3.8, 4) is 17.1 Å². The summed E-state index contributed by atoms with van der Waals surface area (Å²) >= 11 is 7.76. The van der Waals surface area contributed by atoms with Crippen molar-refractivity contribution >= 4 is 23.4 Å². The largest absolute Gasteiger partial charge is 0.270 e. The van der Waals surface area contributed by atoms with E-state index in [-0.39, 0.29) is 0 Å². The molecule has 0 N–H and O–H groups in total. The van der Waals surface area contributed by atoms with Crippen molar-refractivity contribution in [2.75, 3.05) is 0 Å². The number of thioether (sulfide) groups is 1. The van der Waals surface area contributed by atoms with Gasteiger partial charge in [-0.3, -0.25) is 4.57 Å². The molecule has 5 heteroatoms. The summed E-state index contributed by atoms with van der Waals surface area (Å²) in [5, 5.41) is 10.6. The van der Waals surface area contributed by atoms with Gasteiger partial charge in [0.05, 0.1) is 0 Å². The Bertz CT molecular complexity index is 1100. The van der Waals surface area contributed by atoms with Crippen LogP contribution >= 0.6 is 23.4 Å². The average molecular weight is 406 g/mol. The van der Waals surface area contributed by atoms with Crippen LogP contribution in [0.2, 0.25) is 5.02 Å². The molecule has 0 aliphatic carbocycles. The third-order valence-corrected chi connectivity index (χ3v) is 5.84. The van der Waals surface area contributed by atoms with E-state index < -0.39 is 0 Å². The zero-order valence-corrected chi connectivity index (χ0v) is 17.3. The molecule has 0 radical (unpaired) electrons. The highest BCUT2D eigenvalue weighted by atomic mass is 35.5. The highest BCUT2D eigenvalue weighted by Gasteiger charge is 2.16. The molecular formula is C23H20ClN3S. The maximum absolute atomic E-state index is 6.07. The van der Waals surface area contributed by atoms with Crippen LogP contribution < -0.4 is 0 Å². The number of benzene rings is 3. The summed E-state index contributed by atoms with van der Waals surface area (Å²) in [6, 6.07) is 24.6. The smallest absolute Gasteiger partial charge is 0.196 e. The lowest BCUT2D eigenvalue weighted by Crippen LogP contribution is -2.00. The van der Waals surface area contributed by atoms with Gasteiger partial charge in [-0.25, -0.2) is 0 Å². The minimum absolute atomic E-state index is 0.708. The van der Waals surface area contributed by atoms with Crippen LogP contribution in [0.25, 0.3) is 17.1 Å². The molecule has 28 heavy (non-hydrogen) atoms. The first-order valence-corrected chi connectivity index (χ1v) is 10.4. The Morgan fingerprint density at radius 2 is 1.68 bits per heavy atom. The van der Waals surface area contributed by atoms with Gasteiger partial charge >= 0.3 is 0 Å². The van der Waals surface area contributed by atoms with E-state index in [1.807, 2.05) is 24.3 Å². The number of hydrogen-bond donors (Lipinski definition) is 0. The van der Waals surface area contributed by atoms with Crippen LogP contribution in [-0.2, 0) is 5.75 Å². The minimum Gasteiger partial charge on any atom is -0.270 e. The van der Waals surface area contributed by atoms with E-state index in [9.17, 15) is 0 Å². The van der Waals surface area contributed by atoms with Gasteiger partial charge in [-0.15, -0.1) is 10.2 Å². The van der Waals surface area contributed by atoms with Crippen molar-refractivity contribution in [3.05, 3.63) is 94.5 Å². The number of nitrogens with zero attached hydrogens (tertiary/aromatic N) is 3. The van der Waals surface area contributed by atoms with Gasteiger partial charge in [-0.2, -0.15) is 0 Å². The Labute approximate surface area is 174 Å². The summed E-state index contributed by atoms with van der Waals surface area (Å²) in [7, 11) is 0. The summed E-state index contributed by atoms with van der Waals surface area (Å²) in [6.45, 7) is 4.23. The molecule has 0 atom stereocenters. The molecule has 1 aromatic heterocycles. The van der Waals surface area contributed by atoms with Gasteiger partial charge in [-0.05, 0) is 66.9 Å². The fourth-order valence-electron chi connectivity index (χ4n) is 3.06. The second-order valence-electron chi connectivity index (χ2n) is 6.70. The van der Waals surface area contributed by atoms with Crippen LogP contribution in [0.15, 0.2) is 78.0 Å². The van der Waals surface area contributed by atoms with Crippen LogP contribution in [0, 0.1) is 13.8 Å². The predicted octanol–water partition coefficient (Wildman–Crippen LogP) is 6.50. The third kappa shape index (κ3) is 3.98. The molecule has 0 saturated carbocycles. The molecule has 3 aromatic carbocycles. The van der Waals surface area contributed by atoms with Crippen LogP contribution in [0.3, 0.4) is 0 Å². The molecule has 3 nitrogen and oxygen atoms in total. The second-order valence-corrected chi connectivity index (χ2v) is 8.08. The Kier molecular flexibility index (Phi) is 5.51. The van der Waals surface area contributed by atoms with E-state index in [1.165, 1.54) is 16.7 Å². The molecular weight excluding hydrogens is 386 g/mol. The molecule has 4 rings (SSSR count). The highest BCUT2D eigenvalue weighted by Crippen LogP contribution is 2.31. The van der Waals surface area contributed by atoms with Crippen molar-refractivity contribution < 1.29 is 0 Å². The van der Waals surface area contributed by atoms with Gasteiger partial charge in [0.15, 0.2) is 11.0 Å². The lowest BCUT2D eigenvalue weighted by Gasteiger charge is -2.12. The third-order valence-electron chi connectivity index (χ3n) is 4.61. The Balaban J connectivity index is 1.76. The molecule has 0 aliphatic rings. The SMILES string of the molecule is Cc1cccc(-n2c(SCc3ccccc3C)nnc2-c2ccc(Cl)cc2)c1. The molecule has 0 bridgehead atoms. The molecule has 0 fully saturated rings. The molecule has 0 saturated heterocycles. The maximum Gasteiger partial charge on any atom is 0.196 e. The van der Waals surface area contributed by atoms with E-state index in [0.29, 0.717) is 5.02 Å². The standard InChI is InChI=1S/C23H20ClN3S/c1-16-6-5-9-21(14-16)27-22(18-10-12-20(24)13-11-18)25-26-23(27)28-15-19-8-4-3-7-17(19)2/h3-14H,15H2,1-2H3. The zero-order chi connectivity index (χ0) is 19.5.